The minimum absolute atomic E-state index is 0.0270. The first-order chi connectivity index (χ1) is 13.5. The molecule has 1 atom stereocenters. The number of anilines is 1. The van der Waals surface area contributed by atoms with Crippen LogP contribution in [0.15, 0.2) is 48.5 Å². The molecule has 0 heterocycles. The van der Waals surface area contributed by atoms with Crippen molar-refractivity contribution in [2.75, 3.05) is 31.6 Å². The minimum Gasteiger partial charge on any atom is -0.494 e. The number of rotatable bonds is 9. The number of hydrogen-bond donors (Lipinski definition) is 0. The van der Waals surface area contributed by atoms with Gasteiger partial charge in [-0.05, 0) is 57.6 Å². The fourth-order valence-electron chi connectivity index (χ4n) is 2.98. The van der Waals surface area contributed by atoms with Gasteiger partial charge in [0.25, 0.3) is 0 Å². The predicted octanol–water partition coefficient (Wildman–Crippen LogP) is 4.33. The standard InChI is InChI=1S/C23H29N3O2/c1-5-28-22-13-11-21(12-14-22)26(16-6-15-24)23(27)17-25(4)19(3)20-9-7-18(2)8-10-20/h7-14,19H,5-6,16-17H2,1-4H3. The van der Waals surface area contributed by atoms with Gasteiger partial charge in [0.15, 0.2) is 0 Å². The Labute approximate surface area is 168 Å². The quantitative estimate of drug-likeness (QED) is 0.651. The van der Waals surface area contributed by atoms with Gasteiger partial charge in [-0.25, -0.2) is 0 Å². The average Bonchev–Trinajstić information content (AvgIpc) is 2.69. The number of ether oxygens (including phenoxy) is 1. The lowest BCUT2D eigenvalue weighted by molar-refractivity contribution is -0.119. The Kier molecular flexibility index (Phi) is 8.03. The fourth-order valence-corrected chi connectivity index (χ4v) is 2.98. The number of carbonyl (C=O) groups excluding carboxylic acids is 1. The Bertz CT molecular complexity index is 794. The van der Waals surface area contributed by atoms with E-state index in [0.29, 0.717) is 13.2 Å². The molecule has 0 saturated carbocycles. The molecule has 0 aromatic heterocycles. The van der Waals surface area contributed by atoms with E-state index >= 15 is 0 Å². The summed E-state index contributed by atoms with van der Waals surface area (Å²) in [7, 11) is 1.95. The molecule has 2 rings (SSSR count). The molecule has 148 valence electrons. The highest BCUT2D eigenvalue weighted by Crippen LogP contribution is 2.22. The first-order valence-corrected chi connectivity index (χ1v) is 9.63. The smallest absolute Gasteiger partial charge is 0.241 e. The van der Waals surface area contributed by atoms with E-state index in [0.717, 1.165) is 11.4 Å². The van der Waals surface area contributed by atoms with Crippen molar-refractivity contribution in [3.63, 3.8) is 0 Å². The molecule has 2 aromatic rings. The van der Waals surface area contributed by atoms with Crippen molar-refractivity contribution in [1.29, 1.82) is 5.26 Å². The molecule has 5 heteroatoms. The van der Waals surface area contributed by atoms with Crippen LogP contribution in [0.4, 0.5) is 5.69 Å². The first kappa shape index (κ1) is 21.5. The maximum Gasteiger partial charge on any atom is 0.241 e. The molecule has 0 spiro atoms. The summed E-state index contributed by atoms with van der Waals surface area (Å²) in [5.41, 5.74) is 3.17. The maximum absolute atomic E-state index is 13.0. The van der Waals surface area contributed by atoms with Crippen molar-refractivity contribution in [2.45, 2.75) is 33.2 Å². The summed E-state index contributed by atoms with van der Waals surface area (Å²) in [4.78, 5) is 16.7. The number of hydrogen-bond acceptors (Lipinski definition) is 4. The first-order valence-electron chi connectivity index (χ1n) is 9.63. The van der Waals surface area contributed by atoms with Crippen LogP contribution in [-0.4, -0.2) is 37.6 Å². The Hall–Kier alpha value is -2.84. The van der Waals surface area contributed by atoms with E-state index < -0.39 is 0 Å². The van der Waals surface area contributed by atoms with Crippen molar-refractivity contribution < 1.29 is 9.53 Å². The number of nitriles is 1. The van der Waals surface area contributed by atoms with Gasteiger partial charge >= 0.3 is 0 Å². The third-order valence-corrected chi connectivity index (χ3v) is 4.81. The minimum atomic E-state index is -0.0270. The van der Waals surface area contributed by atoms with Crippen LogP contribution >= 0.6 is 0 Å². The number of likely N-dealkylation sites (N-methyl/N-ethyl adjacent to an activating group) is 1. The topological polar surface area (TPSA) is 56.6 Å². The van der Waals surface area contributed by atoms with Crippen LogP contribution < -0.4 is 9.64 Å². The maximum atomic E-state index is 13.0. The zero-order valence-corrected chi connectivity index (χ0v) is 17.2. The molecule has 0 radical (unpaired) electrons. The molecule has 0 bridgehead atoms. The van der Waals surface area contributed by atoms with E-state index in [1.165, 1.54) is 11.1 Å². The summed E-state index contributed by atoms with van der Waals surface area (Å²) in [5, 5.41) is 8.98. The molecule has 0 N–H and O–H groups in total. The Morgan fingerprint density at radius 3 is 2.36 bits per heavy atom. The summed E-state index contributed by atoms with van der Waals surface area (Å²) in [6.45, 7) is 7.32. The molecule has 1 amide bonds. The molecular weight excluding hydrogens is 350 g/mol. The summed E-state index contributed by atoms with van der Waals surface area (Å²) in [6.07, 6.45) is 0.288. The predicted molar refractivity (Wildman–Crippen MR) is 112 cm³/mol. The molecule has 1 unspecified atom stereocenters. The lowest BCUT2D eigenvalue weighted by atomic mass is 10.1. The van der Waals surface area contributed by atoms with Gasteiger partial charge in [0.1, 0.15) is 5.75 Å². The largest absolute Gasteiger partial charge is 0.494 e. The second-order valence-corrected chi connectivity index (χ2v) is 6.88. The number of nitrogens with zero attached hydrogens (tertiary/aromatic N) is 3. The van der Waals surface area contributed by atoms with E-state index in [1.807, 2.05) is 43.1 Å². The van der Waals surface area contributed by atoms with Gasteiger partial charge in [-0.1, -0.05) is 29.8 Å². The van der Waals surface area contributed by atoms with Crippen molar-refractivity contribution in [1.82, 2.24) is 4.90 Å². The van der Waals surface area contributed by atoms with Crippen LogP contribution in [0.1, 0.15) is 37.4 Å². The zero-order chi connectivity index (χ0) is 20.5. The third kappa shape index (κ3) is 5.83. The molecule has 0 aliphatic carbocycles. The van der Waals surface area contributed by atoms with Crippen molar-refractivity contribution in [3.8, 4) is 11.8 Å². The molecule has 5 nitrogen and oxygen atoms in total. The molecule has 28 heavy (non-hydrogen) atoms. The highest BCUT2D eigenvalue weighted by molar-refractivity contribution is 5.94. The molecular formula is C23H29N3O2. The van der Waals surface area contributed by atoms with Crippen LogP contribution in [-0.2, 0) is 4.79 Å². The van der Waals surface area contributed by atoms with Gasteiger partial charge in [0.05, 0.1) is 25.6 Å². The molecule has 0 fully saturated rings. The van der Waals surface area contributed by atoms with Gasteiger partial charge in [0, 0.05) is 18.3 Å². The van der Waals surface area contributed by atoms with Crippen LogP contribution in [0.2, 0.25) is 0 Å². The van der Waals surface area contributed by atoms with Crippen LogP contribution in [0.25, 0.3) is 0 Å². The Morgan fingerprint density at radius 1 is 1.14 bits per heavy atom. The third-order valence-electron chi connectivity index (χ3n) is 4.81. The average molecular weight is 380 g/mol. The SMILES string of the molecule is CCOc1ccc(N(CCC#N)C(=O)CN(C)C(C)c2ccc(C)cc2)cc1. The van der Waals surface area contributed by atoms with Gasteiger partial charge in [-0.15, -0.1) is 0 Å². The number of carbonyl (C=O) groups is 1. The van der Waals surface area contributed by atoms with Crippen molar-refractivity contribution in [3.05, 3.63) is 59.7 Å². The van der Waals surface area contributed by atoms with E-state index in [1.54, 1.807) is 4.90 Å². The van der Waals surface area contributed by atoms with E-state index in [9.17, 15) is 4.79 Å². The van der Waals surface area contributed by atoms with E-state index in [4.69, 9.17) is 10.00 Å². The van der Waals surface area contributed by atoms with Gasteiger partial charge in [0.2, 0.25) is 5.91 Å². The van der Waals surface area contributed by atoms with Crippen molar-refractivity contribution in [2.24, 2.45) is 0 Å². The van der Waals surface area contributed by atoms with E-state index in [-0.39, 0.29) is 24.9 Å². The Balaban J connectivity index is 2.11. The van der Waals surface area contributed by atoms with Gasteiger partial charge < -0.3 is 9.64 Å². The number of amides is 1. The fraction of sp³-hybridized carbons (Fsp3) is 0.391. The highest BCUT2D eigenvalue weighted by atomic mass is 16.5. The van der Waals surface area contributed by atoms with Gasteiger partial charge in [-0.2, -0.15) is 5.26 Å². The van der Waals surface area contributed by atoms with Crippen LogP contribution in [0.5, 0.6) is 5.75 Å². The molecule has 0 saturated heterocycles. The van der Waals surface area contributed by atoms with Gasteiger partial charge in [-0.3, -0.25) is 9.69 Å². The summed E-state index contributed by atoms with van der Waals surface area (Å²) in [5.74, 6) is 0.741. The van der Waals surface area contributed by atoms with Crippen molar-refractivity contribution >= 4 is 11.6 Å². The van der Waals surface area contributed by atoms with Crippen LogP contribution in [0, 0.1) is 18.3 Å². The summed E-state index contributed by atoms with van der Waals surface area (Å²) >= 11 is 0. The second-order valence-electron chi connectivity index (χ2n) is 6.88. The zero-order valence-electron chi connectivity index (χ0n) is 17.2. The monoisotopic (exact) mass is 379 g/mol. The highest BCUT2D eigenvalue weighted by Gasteiger charge is 2.20. The molecule has 0 aliphatic rings. The normalized spacial score (nSPS) is 11.7. The van der Waals surface area contributed by atoms with Crippen LogP contribution in [0.3, 0.4) is 0 Å². The second kappa shape index (κ2) is 10.5. The number of aryl methyl sites for hydroxylation is 1. The van der Waals surface area contributed by atoms with E-state index in [2.05, 4.69) is 44.2 Å². The molecule has 0 aliphatic heterocycles. The Morgan fingerprint density at radius 2 is 1.79 bits per heavy atom. The lowest BCUT2D eigenvalue weighted by Crippen LogP contribution is -2.40. The summed E-state index contributed by atoms with van der Waals surface area (Å²) in [6, 6.07) is 18.0. The molecule has 2 aromatic carbocycles. The summed E-state index contributed by atoms with van der Waals surface area (Å²) < 4.78 is 5.47. The number of benzene rings is 2. The lowest BCUT2D eigenvalue weighted by Gasteiger charge is -2.28.